The summed E-state index contributed by atoms with van der Waals surface area (Å²) in [6.07, 6.45) is 12.5. The molecule has 0 heterocycles. The van der Waals surface area contributed by atoms with E-state index in [-0.39, 0.29) is 12.6 Å². The molecule has 0 aliphatic rings. The summed E-state index contributed by atoms with van der Waals surface area (Å²) in [5.41, 5.74) is 0. The number of rotatable bonds is 17. The molecule has 0 aliphatic heterocycles. The summed E-state index contributed by atoms with van der Waals surface area (Å²) >= 11 is 0. The first kappa shape index (κ1) is 22.4. The van der Waals surface area contributed by atoms with Gasteiger partial charge in [0.2, 0.25) is 0 Å². The summed E-state index contributed by atoms with van der Waals surface area (Å²) in [7, 11) is 0. The van der Waals surface area contributed by atoms with E-state index in [2.05, 4.69) is 6.92 Å². The van der Waals surface area contributed by atoms with Gasteiger partial charge in [-0.15, -0.1) is 0 Å². The predicted molar refractivity (Wildman–Crippen MR) is 94.5 cm³/mol. The van der Waals surface area contributed by atoms with Crippen molar-refractivity contribution < 1.29 is 19.4 Å². The molecule has 138 valence electrons. The predicted octanol–water partition coefficient (Wildman–Crippen LogP) is 4.63. The van der Waals surface area contributed by atoms with Crippen LogP contribution in [0, 0.1) is 0 Å². The fourth-order valence-electron chi connectivity index (χ4n) is 2.39. The van der Waals surface area contributed by atoms with Crippen LogP contribution < -0.4 is 0 Å². The molecule has 4 heteroatoms. The molecule has 0 saturated carbocycles. The molecule has 23 heavy (non-hydrogen) atoms. The van der Waals surface area contributed by atoms with Gasteiger partial charge in [-0.3, -0.25) is 4.79 Å². The Morgan fingerprint density at radius 3 is 2.09 bits per heavy atom. The fraction of sp³-hybridized carbons (Fsp3) is 0.947. The topological polar surface area (TPSA) is 55.8 Å². The number of hydrogen-bond acceptors (Lipinski definition) is 4. The molecule has 0 bridgehead atoms. The van der Waals surface area contributed by atoms with E-state index >= 15 is 0 Å². The monoisotopic (exact) mass is 330 g/mol. The maximum atomic E-state index is 11.6. The molecule has 0 saturated heterocycles. The van der Waals surface area contributed by atoms with Gasteiger partial charge >= 0.3 is 5.97 Å². The van der Waals surface area contributed by atoms with Gasteiger partial charge in [-0.1, -0.05) is 65.2 Å². The van der Waals surface area contributed by atoms with Gasteiger partial charge in [0, 0.05) is 19.6 Å². The summed E-state index contributed by atoms with van der Waals surface area (Å²) in [4.78, 5) is 11.6. The van der Waals surface area contributed by atoms with Crippen LogP contribution in [0.2, 0.25) is 0 Å². The van der Waals surface area contributed by atoms with E-state index in [1.54, 1.807) is 0 Å². The maximum absolute atomic E-state index is 11.6. The Kier molecular flexibility index (Phi) is 17.3. The average molecular weight is 331 g/mol. The third kappa shape index (κ3) is 17.6. The van der Waals surface area contributed by atoms with Crippen molar-refractivity contribution in [2.45, 2.75) is 97.0 Å². The van der Waals surface area contributed by atoms with Crippen LogP contribution in [0.4, 0.5) is 0 Å². The van der Waals surface area contributed by atoms with E-state index in [0.29, 0.717) is 26.1 Å². The Balaban J connectivity index is 3.30. The molecule has 0 radical (unpaired) electrons. The first-order valence-electron chi connectivity index (χ1n) is 9.62. The number of unbranched alkanes of at least 4 members (excludes halogenated alkanes) is 8. The molecule has 0 aromatic heterocycles. The van der Waals surface area contributed by atoms with Crippen LogP contribution in [0.1, 0.15) is 90.9 Å². The van der Waals surface area contributed by atoms with Crippen molar-refractivity contribution in [1.82, 2.24) is 0 Å². The summed E-state index contributed by atoms with van der Waals surface area (Å²) in [5.74, 6) is -0.193. The standard InChI is InChI=1S/C19H38O4/c1-3-5-6-7-8-9-10-11-12-13-19(21)23-17-18(20)14-16-22-15-4-2/h18,20H,3-17H2,1-2H3. The highest BCUT2D eigenvalue weighted by molar-refractivity contribution is 5.69. The summed E-state index contributed by atoms with van der Waals surface area (Å²) in [6, 6.07) is 0. The van der Waals surface area contributed by atoms with Crippen molar-refractivity contribution in [3.05, 3.63) is 0 Å². The first-order valence-corrected chi connectivity index (χ1v) is 9.62. The zero-order valence-electron chi connectivity index (χ0n) is 15.4. The zero-order valence-corrected chi connectivity index (χ0v) is 15.4. The molecule has 1 unspecified atom stereocenters. The Bertz CT molecular complexity index is 256. The number of carbonyl (C=O) groups is 1. The largest absolute Gasteiger partial charge is 0.463 e. The molecule has 0 fully saturated rings. The summed E-state index contributed by atoms with van der Waals surface area (Å²) < 4.78 is 10.4. The average Bonchev–Trinajstić information content (AvgIpc) is 2.55. The number of aliphatic hydroxyl groups is 1. The van der Waals surface area contributed by atoms with Crippen LogP contribution in [0.3, 0.4) is 0 Å². The van der Waals surface area contributed by atoms with Crippen LogP contribution >= 0.6 is 0 Å². The summed E-state index contributed by atoms with van der Waals surface area (Å²) in [5, 5.41) is 9.67. The van der Waals surface area contributed by atoms with Gasteiger partial charge in [0.15, 0.2) is 0 Å². The lowest BCUT2D eigenvalue weighted by atomic mass is 10.1. The lowest BCUT2D eigenvalue weighted by Crippen LogP contribution is -2.20. The van der Waals surface area contributed by atoms with Crippen LogP contribution in [0.25, 0.3) is 0 Å². The number of aliphatic hydroxyl groups excluding tert-OH is 1. The molecule has 0 spiro atoms. The van der Waals surface area contributed by atoms with Gasteiger partial charge in [0.25, 0.3) is 0 Å². The highest BCUT2D eigenvalue weighted by Crippen LogP contribution is 2.10. The molecule has 1 atom stereocenters. The molecule has 4 nitrogen and oxygen atoms in total. The molecule has 0 rings (SSSR count). The smallest absolute Gasteiger partial charge is 0.305 e. The number of carbonyl (C=O) groups excluding carboxylic acids is 1. The van der Waals surface area contributed by atoms with Crippen molar-refractivity contribution >= 4 is 5.97 Å². The van der Waals surface area contributed by atoms with Crippen molar-refractivity contribution in [2.75, 3.05) is 19.8 Å². The van der Waals surface area contributed by atoms with Crippen LogP contribution in [-0.4, -0.2) is 37.0 Å². The normalized spacial score (nSPS) is 12.3. The van der Waals surface area contributed by atoms with Crippen molar-refractivity contribution in [2.24, 2.45) is 0 Å². The first-order chi connectivity index (χ1) is 11.2. The van der Waals surface area contributed by atoms with Crippen LogP contribution in [-0.2, 0) is 14.3 Å². The maximum Gasteiger partial charge on any atom is 0.305 e. The second-order valence-corrected chi connectivity index (χ2v) is 6.32. The minimum atomic E-state index is -0.612. The Morgan fingerprint density at radius 2 is 1.48 bits per heavy atom. The minimum absolute atomic E-state index is 0.0890. The molecule has 0 aromatic rings. The van der Waals surface area contributed by atoms with E-state index in [0.717, 1.165) is 19.3 Å². The number of esters is 1. The summed E-state index contributed by atoms with van der Waals surface area (Å²) in [6.45, 7) is 5.60. The number of hydrogen-bond donors (Lipinski definition) is 1. The Hall–Kier alpha value is -0.610. The minimum Gasteiger partial charge on any atom is -0.463 e. The lowest BCUT2D eigenvalue weighted by Gasteiger charge is -2.11. The highest BCUT2D eigenvalue weighted by Gasteiger charge is 2.08. The van der Waals surface area contributed by atoms with Gasteiger partial charge < -0.3 is 14.6 Å². The van der Waals surface area contributed by atoms with Gasteiger partial charge in [0.05, 0.1) is 6.10 Å². The molecule has 0 aliphatic carbocycles. The van der Waals surface area contributed by atoms with Crippen molar-refractivity contribution in [3.8, 4) is 0 Å². The van der Waals surface area contributed by atoms with Gasteiger partial charge in [0.1, 0.15) is 6.61 Å². The highest BCUT2D eigenvalue weighted by atomic mass is 16.5. The Morgan fingerprint density at radius 1 is 0.870 bits per heavy atom. The van der Waals surface area contributed by atoms with E-state index in [1.807, 2.05) is 6.92 Å². The third-order valence-corrected chi connectivity index (χ3v) is 3.87. The molecular weight excluding hydrogens is 292 g/mol. The van der Waals surface area contributed by atoms with E-state index in [9.17, 15) is 9.90 Å². The van der Waals surface area contributed by atoms with Gasteiger partial charge in [-0.25, -0.2) is 0 Å². The van der Waals surface area contributed by atoms with E-state index in [4.69, 9.17) is 9.47 Å². The quantitative estimate of drug-likeness (QED) is 0.312. The lowest BCUT2D eigenvalue weighted by molar-refractivity contribution is -0.147. The van der Waals surface area contributed by atoms with Gasteiger partial charge in [-0.2, -0.15) is 0 Å². The third-order valence-electron chi connectivity index (χ3n) is 3.87. The zero-order chi connectivity index (χ0) is 17.2. The number of ether oxygens (including phenoxy) is 2. The van der Waals surface area contributed by atoms with E-state index in [1.165, 1.54) is 44.9 Å². The second-order valence-electron chi connectivity index (χ2n) is 6.32. The fourth-order valence-corrected chi connectivity index (χ4v) is 2.39. The van der Waals surface area contributed by atoms with Crippen LogP contribution in [0.15, 0.2) is 0 Å². The molecule has 0 amide bonds. The Labute approximate surface area is 142 Å². The second kappa shape index (κ2) is 17.7. The SMILES string of the molecule is CCCCCCCCCCCC(=O)OCC(O)CCOCCC. The van der Waals surface area contributed by atoms with Gasteiger partial charge in [-0.05, 0) is 19.3 Å². The van der Waals surface area contributed by atoms with Crippen LogP contribution in [0.5, 0.6) is 0 Å². The van der Waals surface area contributed by atoms with Crippen molar-refractivity contribution in [3.63, 3.8) is 0 Å². The molecule has 0 aromatic carbocycles. The molecular formula is C19H38O4. The van der Waals surface area contributed by atoms with E-state index < -0.39 is 6.10 Å². The molecule has 1 N–H and O–H groups in total. The van der Waals surface area contributed by atoms with Crippen molar-refractivity contribution in [1.29, 1.82) is 0 Å².